The van der Waals surface area contributed by atoms with Crippen LogP contribution in [0, 0.1) is 0 Å². The second-order valence-corrected chi connectivity index (χ2v) is 3.19. The minimum Gasteiger partial charge on any atom is -0.477 e. The van der Waals surface area contributed by atoms with Gasteiger partial charge in [-0.25, -0.2) is 9.79 Å². The summed E-state index contributed by atoms with van der Waals surface area (Å²) in [6.07, 6.45) is 0.324. The third-order valence-corrected chi connectivity index (χ3v) is 2.29. The van der Waals surface area contributed by atoms with E-state index in [1.54, 1.807) is 18.2 Å². The largest absolute Gasteiger partial charge is 0.477 e. The van der Waals surface area contributed by atoms with Crippen LogP contribution in [0.25, 0.3) is 0 Å². The predicted octanol–water partition coefficient (Wildman–Crippen LogP) is 2.05. The van der Waals surface area contributed by atoms with E-state index in [2.05, 4.69) is 4.99 Å². The molecular weight excluding hydrogens is 190 g/mol. The molecule has 0 bridgehead atoms. The van der Waals surface area contributed by atoms with E-state index >= 15 is 0 Å². The molecule has 1 aromatic carbocycles. The lowest BCUT2D eigenvalue weighted by Gasteiger charge is -1.97. The summed E-state index contributed by atoms with van der Waals surface area (Å²) in [4.78, 5) is 14.6. The van der Waals surface area contributed by atoms with Gasteiger partial charge in [-0.2, -0.15) is 0 Å². The van der Waals surface area contributed by atoms with Crippen molar-refractivity contribution in [2.75, 3.05) is 0 Å². The first-order valence-electron chi connectivity index (χ1n) is 3.77. The molecule has 0 saturated carbocycles. The zero-order valence-electron chi connectivity index (χ0n) is 6.62. The van der Waals surface area contributed by atoms with Crippen molar-refractivity contribution in [3.05, 3.63) is 28.8 Å². The number of aliphatic carboxylic acids is 1. The Balaban J connectivity index is 2.46. The number of fused-ring (bicyclic) bond motifs is 1. The zero-order valence-corrected chi connectivity index (χ0v) is 7.38. The molecule has 0 unspecified atom stereocenters. The first-order valence-corrected chi connectivity index (χ1v) is 4.14. The molecular formula is C9H6ClNO2. The van der Waals surface area contributed by atoms with Gasteiger partial charge in [0.1, 0.15) is 5.71 Å². The van der Waals surface area contributed by atoms with Gasteiger partial charge in [-0.3, -0.25) is 0 Å². The zero-order chi connectivity index (χ0) is 9.42. The van der Waals surface area contributed by atoms with Gasteiger partial charge in [0.2, 0.25) is 0 Å². The molecule has 1 aliphatic rings. The van der Waals surface area contributed by atoms with Crippen LogP contribution < -0.4 is 0 Å². The predicted molar refractivity (Wildman–Crippen MR) is 49.9 cm³/mol. The first kappa shape index (κ1) is 8.26. The van der Waals surface area contributed by atoms with Gasteiger partial charge in [-0.1, -0.05) is 17.7 Å². The average Bonchev–Trinajstić information content (AvgIpc) is 2.49. The molecule has 1 aliphatic heterocycles. The van der Waals surface area contributed by atoms with Gasteiger partial charge in [0.15, 0.2) is 0 Å². The second kappa shape index (κ2) is 2.85. The van der Waals surface area contributed by atoms with Gasteiger partial charge in [0.25, 0.3) is 0 Å². The van der Waals surface area contributed by atoms with Crippen molar-refractivity contribution in [1.82, 2.24) is 0 Å². The Bertz CT molecular complexity index is 412. The fourth-order valence-electron chi connectivity index (χ4n) is 1.30. The Hall–Kier alpha value is -1.35. The Morgan fingerprint density at radius 3 is 2.92 bits per heavy atom. The van der Waals surface area contributed by atoms with Crippen molar-refractivity contribution in [1.29, 1.82) is 0 Å². The van der Waals surface area contributed by atoms with E-state index in [0.29, 0.717) is 17.1 Å². The summed E-state index contributed by atoms with van der Waals surface area (Å²) in [5.41, 5.74) is 1.63. The second-order valence-electron chi connectivity index (χ2n) is 2.78. The lowest BCUT2D eigenvalue weighted by Crippen LogP contribution is -2.12. The number of rotatable bonds is 1. The van der Waals surface area contributed by atoms with Crippen molar-refractivity contribution in [3.8, 4) is 0 Å². The number of benzene rings is 1. The van der Waals surface area contributed by atoms with E-state index in [-0.39, 0.29) is 5.71 Å². The molecule has 4 heteroatoms. The van der Waals surface area contributed by atoms with Crippen molar-refractivity contribution < 1.29 is 9.90 Å². The van der Waals surface area contributed by atoms with Crippen LogP contribution in [-0.2, 0) is 11.2 Å². The number of halogens is 1. The topological polar surface area (TPSA) is 49.7 Å². The van der Waals surface area contributed by atoms with Crippen LogP contribution >= 0.6 is 11.6 Å². The highest BCUT2D eigenvalue weighted by molar-refractivity contribution is 6.39. The van der Waals surface area contributed by atoms with E-state index < -0.39 is 5.97 Å². The molecule has 2 rings (SSSR count). The third kappa shape index (κ3) is 1.31. The van der Waals surface area contributed by atoms with Crippen LogP contribution in [0.2, 0.25) is 5.02 Å². The lowest BCUT2D eigenvalue weighted by molar-refractivity contribution is -0.129. The summed E-state index contributed by atoms with van der Waals surface area (Å²) < 4.78 is 0. The fraction of sp³-hybridized carbons (Fsp3) is 0.111. The van der Waals surface area contributed by atoms with Crippen LogP contribution in [-0.4, -0.2) is 16.8 Å². The van der Waals surface area contributed by atoms with Gasteiger partial charge in [0.05, 0.1) is 5.69 Å². The van der Waals surface area contributed by atoms with Crippen molar-refractivity contribution in [2.24, 2.45) is 4.99 Å². The van der Waals surface area contributed by atoms with Gasteiger partial charge in [-0.15, -0.1) is 0 Å². The van der Waals surface area contributed by atoms with Gasteiger partial charge in [0, 0.05) is 17.0 Å². The molecule has 3 nitrogen and oxygen atoms in total. The summed E-state index contributed by atoms with van der Waals surface area (Å²) in [5.74, 6) is -0.979. The highest BCUT2D eigenvalue weighted by Crippen LogP contribution is 2.32. The van der Waals surface area contributed by atoms with E-state index in [4.69, 9.17) is 16.7 Å². The summed E-state index contributed by atoms with van der Waals surface area (Å²) in [6.45, 7) is 0. The molecule has 0 radical (unpaired) electrons. The number of carbonyl (C=O) groups is 1. The fourth-order valence-corrected chi connectivity index (χ4v) is 1.54. The van der Waals surface area contributed by atoms with Crippen LogP contribution in [0.4, 0.5) is 5.69 Å². The molecule has 0 saturated heterocycles. The average molecular weight is 196 g/mol. The van der Waals surface area contributed by atoms with Crippen molar-refractivity contribution in [3.63, 3.8) is 0 Å². The van der Waals surface area contributed by atoms with Crippen LogP contribution in [0.5, 0.6) is 0 Å². The molecule has 0 fully saturated rings. The molecule has 0 amide bonds. The molecule has 1 heterocycles. The van der Waals surface area contributed by atoms with Gasteiger partial charge < -0.3 is 5.11 Å². The van der Waals surface area contributed by atoms with Crippen LogP contribution in [0.15, 0.2) is 23.2 Å². The SMILES string of the molecule is O=C(O)C1=Nc2cccc(Cl)c2C1. The molecule has 1 N–H and O–H groups in total. The number of aliphatic imine (C=N–C) groups is 1. The smallest absolute Gasteiger partial charge is 0.350 e. The van der Waals surface area contributed by atoms with Gasteiger partial charge in [-0.05, 0) is 12.1 Å². The molecule has 0 aliphatic carbocycles. The van der Waals surface area contributed by atoms with Crippen LogP contribution in [0.3, 0.4) is 0 Å². The molecule has 1 aromatic rings. The Morgan fingerprint density at radius 1 is 1.54 bits per heavy atom. The van der Waals surface area contributed by atoms with Crippen molar-refractivity contribution in [2.45, 2.75) is 6.42 Å². The normalized spacial score (nSPS) is 13.8. The highest BCUT2D eigenvalue weighted by Gasteiger charge is 2.21. The van der Waals surface area contributed by atoms with Crippen LogP contribution in [0.1, 0.15) is 5.56 Å². The summed E-state index contributed by atoms with van der Waals surface area (Å²) in [7, 11) is 0. The maximum atomic E-state index is 10.6. The standard InChI is InChI=1S/C9H6ClNO2/c10-6-2-1-3-7-5(6)4-8(11-7)9(12)13/h1-3H,4H2,(H,12,13). The monoisotopic (exact) mass is 195 g/mol. The van der Waals surface area contributed by atoms with E-state index in [0.717, 1.165) is 5.56 Å². The Labute approximate surface area is 79.7 Å². The molecule has 66 valence electrons. The first-order chi connectivity index (χ1) is 6.18. The summed E-state index contributed by atoms with van der Waals surface area (Å²) in [5, 5.41) is 9.28. The third-order valence-electron chi connectivity index (χ3n) is 1.94. The summed E-state index contributed by atoms with van der Waals surface area (Å²) in [6, 6.07) is 5.26. The van der Waals surface area contributed by atoms with Crippen molar-refractivity contribution >= 4 is 29.0 Å². The molecule has 0 atom stereocenters. The van der Waals surface area contributed by atoms with E-state index in [1.807, 2.05) is 0 Å². The molecule has 0 aromatic heterocycles. The summed E-state index contributed by atoms with van der Waals surface area (Å²) >= 11 is 5.87. The highest BCUT2D eigenvalue weighted by atomic mass is 35.5. The minimum absolute atomic E-state index is 0.156. The molecule has 13 heavy (non-hydrogen) atoms. The number of nitrogens with zero attached hydrogens (tertiary/aromatic N) is 1. The number of hydrogen-bond acceptors (Lipinski definition) is 2. The maximum absolute atomic E-state index is 10.6. The van der Waals surface area contributed by atoms with E-state index in [1.165, 1.54) is 0 Å². The quantitative estimate of drug-likeness (QED) is 0.746. The Morgan fingerprint density at radius 2 is 2.31 bits per heavy atom. The number of carboxylic acids is 1. The Kier molecular flexibility index (Phi) is 1.81. The molecule has 0 spiro atoms. The van der Waals surface area contributed by atoms with Gasteiger partial charge >= 0.3 is 5.97 Å². The minimum atomic E-state index is -0.979. The maximum Gasteiger partial charge on any atom is 0.350 e. The number of hydrogen-bond donors (Lipinski definition) is 1. The lowest BCUT2D eigenvalue weighted by atomic mass is 10.1. The van der Waals surface area contributed by atoms with E-state index in [9.17, 15) is 4.79 Å². The number of carboxylic acid groups (broad SMARTS) is 1.